The Morgan fingerprint density at radius 2 is 2.13 bits per heavy atom. The van der Waals surface area contributed by atoms with E-state index in [1.54, 1.807) is 0 Å². The van der Waals surface area contributed by atoms with Crippen LogP contribution in [0.3, 0.4) is 0 Å². The van der Waals surface area contributed by atoms with Crippen LogP contribution in [0, 0.1) is 5.92 Å². The molecule has 2 heteroatoms. The molecule has 0 aromatic rings. The molecule has 2 nitrogen and oxygen atoms in total. The van der Waals surface area contributed by atoms with Gasteiger partial charge in [-0.1, -0.05) is 20.8 Å². The molecule has 0 saturated carbocycles. The molecule has 2 unspecified atom stereocenters. The molecule has 90 valence electrons. The molecule has 1 fully saturated rings. The Balaban J connectivity index is 2.20. The maximum atomic E-state index is 5.93. The smallest absolute Gasteiger partial charge is 0.0119 e. The first-order valence-electron chi connectivity index (χ1n) is 6.64. The largest absolute Gasteiger partial charge is 0.328 e. The Bertz CT molecular complexity index is 168. The molecule has 0 spiro atoms. The van der Waals surface area contributed by atoms with Crippen LogP contribution in [0.1, 0.15) is 52.9 Å². The first-order chi connectivity index (χ1) is 7.15. The van der Waals surface area contributed by atoms with Crippen molar-refractivity contribution in [2.24, 2.45) is 11.7 Å². The van der Waals surface area contributed by atoms with Gasteiger partial charge in [-0.25, -0.2) is 0 Å². The Kier molecular flexibility index (Phi) is 5.62. The molecule has 1 aliphatic rings. The summed E-state index contributed by atoms with van der Waals surface area (Å²) in [5, 5.41) is 0. The minimum Gasteiger partial charge on any atom is -0.328 e. The van der Waals surface area contributed by atoms with Crippen LogP contribution >= 0.6 is 0 Å². The molecule has 0 radical (unpaired) electrons. The van der Waals surface area contributed by atoms with Gasteiger partial charge in [0, 0.05) is 12.1 Å². The van der Waals surface area contributed by atoms with Gasteiger partial charge in [-0.05, 0) is 51.1 Å². The predicted octanol–water partition coefficient (Wildman–Crippen LogP) is 2.62. The number of hydrogen-bond acceptors (Lipinski definition) is 2. The molecule has 1 heterocycles. The molecule has 1 aliphatic heterocycles. The Morgan fingerprint density at radius 1 is 1.40 bits per heavy atom. The number of nitrogens with two attached hydrogens (primary N) is 1. The van der Waals surface area contributed by atoms with Crippen LogP contribution in [0.5, 0.6) is 0 Å². The summed E-state index contributed by atoms with van der Waals surface area (Å²) in [5.41, 5.74) is 5.93. The molecule has 2 atom stereocenters. The molecule has 0 bridgehead atoms. The lowest BCUT2D eigenvalue weighted by Crippen LogP contribution is -2.34. The predicted molar refractivity (Wildman–Crippen MR) is 66.9 cm³/mol. The highest BCUT2D eigenvalue weighted by atomic mass is 15.2. The van der Waals surface area contributed by atoms with Gasteiger partial charge in [0.25, 0.3) is 0 Å². The highest BCUT2D eigenvalue weighted by molar-refractivity contribution is 4.81. The van der Waals surface area contributed by atoms with E-state index in [-0.39, 0.29) is 0 Å². The van der Waals surface area contributed by atoms with Gasteiger partial charge in [-0.15, -0.1) is 0 Å². The highest BCUT2D eigenvalue weighted by Gasteiger charge is 2.26. The van der Waals surface area contributed by atoms with Crippen molar-refractivity contribution in [3.8, 4) is 0 Å². The van der Waals surface area contributed by atoms with Crippen LogP contribution in [-0.4, -0.2) is 30.1 Å². The Hall–Kier alpha value is -0.0800. The Labute approximate surface area is 95.2 Å². The molecule has 0 aromatic carbocycles. The van der Waals surface area contributed by atoms with E-state index in [0.717, 1.165) is 18.4 Å². The van der Waals surface area contributed by atoms with Crippen molar-refractivity contribution in [3.05, 3.63) is 0 Å². The molecule has 0 aromatic heterocycles. The van der Waals surface area contributed by atoms with Crippen LogP contribution in [-0.2, 0) is 0 Å². The standard InChI is InChI=1S/C13H28N2/c1-4-12(14)7-5-9-15-10-6-8-13(15)11(2)3/h11-13H,4-10,14H2,1-3H3. The van der Waals surface area contributed by atoms with Crippen LogP contribution in [0.25, 0.3) is 0 Å². The van der Waals surface area contributed by atoms with Crippen molar-refractivity contribution < 1.29 is 0 Å². The van der Waals surface area contributed by atoms with Gasteiger partial charge in [0.05, 0.1) is 0 Å². The average molecular weight is 212 g/mol. The summed E-state index contributed by atoms with van der Waals surface area (Å²) >= 11 is 0. The van der Waals surface area contributed by atoms with Crippen molar-refractivity contribution in [1.82, 2.24) is 4.90 Å². The molecule has 2 N–H and O–H groups in total. The van der Waals surface area contributed by atoms with E-state index >= 15 is 0 Å². The van der Waals surface area contributed by atoms with Gasteiger partial charge in [-0.2, -0.15) is 0 Å². The fraction of sp³-hybridized carbons (Fsp3) is 1.00. The SMILES string of the molecule is CCC(N)CCCN1CCCC1C(C)C. The molecule has 1 rings (SSSR count). The van der Waals surface area contributed by atoms with Gasteiger partial charge in [0.1, 0.15) is 0 Å². The van der Waals surface area contributed by atoms with Crippen molar-refractivity contribution in [2.75, 3.05) is 13.1 Å². The van der Waals surface area contributed by atoms with Gasteiger partial charge in [0.2, 0.25) is 0 Å². The van der Waals surface area contributed by atoms with E-state index < -0.39 is 0 Å². The third-order valence-corrected chi connectivity index (χ3v) is 3.73. The number of likely N-dealkylation sites (tertiary alicyclic amines) is 1. The van der Waals surface area contributed by atoms with Crippen LogP contribution in [0.4, 0.5) is 0 Å². The highest BCUT2D eigenvalue weighted by Crippen LogP contribution is 2.23. The summed E-state index contributed by atoms with van der Waals surface area (Å²) < 4.78 is 0. The molecule has 1 saturated heterocycles. The fourth-order valence-corrected chi connectivity index (χ4v) is 2.65. The number of rotatable bonds is 6. The fourth-order valence-electron chi connectivity index (χ4n) is 2.65. The molecule has 0 aliphatic carbocycles. The van der Waals surface area contributed by atoms with Crippen LogP contribution < -0.4 is 5.73 Å². The van der Waals surface area contributed by atoms with E-state index in [2.05, 4.69) is 25.7 Å². The van der Waals surface area contributed by atoms with Gasteiger partial charge < -0.3 is 10.6 Å². The van der Waals surface area contributed by atoms with Gasteiger partial charge >= 0.3 is 0 Å². The molecule has 0 amide bonds. The van der Waals surface area contributed by atoms with Crippen molar-refractivity contribution >= 4 is 0 Å². The van der Waals surface area contributed by atoms with Crippen LogP contribution in [0.2, 0.25) is 0 Å². The van der Waals surface area contributed by atoms with Gasteiger partial charge in [0.15, 0.2) is 0 Å². The first-order valence-corrected chi connectivity index (χ1v) is 6.64. The quantitative estimate of drug-likeness (QED) is 0.733. The minimum atomic E-state index is 0.421. The normalized spacial score (nSPS) is 25.0. The van der Waals surface area contributed by atoms with E-state index in [1.165, 1.54) is 38.8 Å². The van der Waals surface area contributed by atoms with E-state index in [4.69, 9.17) is 5.73 Å². The summed E-state index contributed by atoms with van der Waals surface area (Å²) in [5.74, 6) is 0.812. The minimum absolute atomic E-state index is 0.421. The van der Waals surface area contributed by atoms with E-state index in [1.807, 2.05) is 0 Å². The topological polar surface area (TPSA) is 29.3 Å². The summed E-state index contributed by atoms with van der Waals surface area (Å²) in [6, 6.07) is 1.26. The molecular weight excluding hydrogens is 184 g/mol. The van der Waals surface area contributed by atoms with E-state index in [0.29, 0.717) is 6.04 Å². The zero-order chi connectivity index (χ0) is 11.3. The Morgan fingerprint density at radius 3 is 2.73 bits per heavy atom. The lowest BCUT2D eigenvalue weighted by molar-refractivity contribution is 0.201. The first kappa shape index (κ1) is 13.0. The second kappa shape index (κ2) is 6.49. The van der Waals surface area contributed by atoms with Crippen molar-refractivity contribution in [1.29, 1.82) is 0 Å². The summed E-state index contributed by atoms with van der Waals surface area (Å²) in [6.07, 6.45) is 6.38. The van der Waals surface area contributed by atoms with Crippen LogP contribution in [0.15, 0.2) is 0 Å². The van der Waals surface area contributed by atoms with E-state index in [9.17, 15) is 0 Å². The number of hydrogen-bond donors (Lipinski definition) is 1. The lowest BCUT2D eigenvalue weighted by Gasteiger charge is -2.27. The zero-order valence-corrected chi connectivity index (χ0v) is 10.7. The monoisotopic (exact) mass is 212 g/mol. The summed E-state index contributed by atoms with van der Waals surface area (Å²) in [4.78, 5) is 2.67. The molecular formula is C13H28N2. The lowest BCUT2D eigenvalue weighted by atomic mass is 10.0. The second-order valence-corrected chi connectivity index (χ2v) is 5.30. The number of nitrogens with zero attached hydrogens (tertiary/aromatic N) is 1. The molecule has 15 heavy (non-hydrogen) atoms. The van der Waals surface area contributed by atoms with Gasteiger partial charge in [-0.3, -0.25) is 0 Å². The summed E-state index contributed by atoms with van der Waals surface area (Å²) in [7, 11) is 0. The summed E-state index contributed by atoms with van der Waals surface area (Å²) in [6.45, 7) is 9.44. The average Bonchev–Trinajstić information content (AvgIpc) is 2.65. The van der Waals surface area contributed by atoms with Crippen molar-refractivity contribution in [3.63, 3.8) is 0 Å². The second-order valence-electron chi connectivity index (χ2n) is 5.30. The maximum absolute atomic E-state index is 5.93. The van der Waals surface area contributed by atoms with Crippen molar-refractivity contribution in [2.45, 2.75) is 65.0 Å². The third-order valence-electron chi connectivity index (χ3n) is 3.73. The zero-order valence-electron chi connectivity index (χ0n) is 10.7. The third kappa shape index (κ3) is 4.12. The maximum Gasteiger partial charge on any atom is 0.0119 e.